The standard InChI is InChI=1S/C26H57N5.5BrH/c1-2-28-21-14-24-31(23-12-17-27)22-11-7-3-6-10-18-29-19-13-20-30-25-26-15-8-4-5-9-16-26;;;;;/h26,28-30H,2-25,27H2,1H3;5*1H. The Morgan fingerprint density at radius 1 is 0.583 bits per heavy atom. The quantitative estimate of drug-likeness (QED) is 0.0698. The van der Waals surface area contributed by atoms with E-state index < -0.39 is 0 Å². The molecular weight excluding hydrogens is 782 g/mol. The van der Waals surface area contributed by atoms with Gasteiger partial charge in [0.1, 0.15) is 0 Å². The summed E-state index contributed by atoms with van der Waals surface area (Å²) in [6.07, 6.45) is 19.2. The highest BCUT2D eigenvalue weighted by molar-refractivity contribution is 8.93. The minimum atomic E-state index is 0. The molecule has 226 valence electrons. The van der Waals surface area contributed by atoms with Gasteiger partial charge in [-0.2, -0.15) is 0 Å². The van der Waals surface area contributed by atoms with Gasteiger partial charge in [-0.1, -0.05) is 51.9 Å². The number of halogens is 5. The van der Waals surface area contributed by atoms with Gasteiger partial charge in [-0.25, -0.2) is 0 Å². The number of hydrogen-bond acceptors (Lipinski definition) is 5. The van der Waals surface area contributed by atoms with Gasteiger partial charge in [0.25, 0.3) is 0 Å². The van der Waals surface area contributed by atoms with Gasteiger partial charge in [-0.15, -0.1) is 84.9 Å². The van der Waals surface area contributed by atoms with Crippen LogP contribution in [0.25, 0.3) is 0 Å². The van der Waals surface area contributed by atoms with Crippen LogP contribution in [0.4, 0.5) is 0 Å². The van der Waals surface area contributed by atoms with Gasteiger partial charge in [-0.3, -0.25) is 0 Å². The van der Waals surface area contributed by atoms with Crippen molar-refractivity contribution in [2.45, 2.75) is 96.8 Å². The van der Waals surface area contributed by atoms with Crippen LogP contribution in [-0.2, 0) is 0 Å². The summed E-state index contributed by atoms with van der Waals surface area (Å²) in [5.74, 6) is 0.946. The van der Waals surface area contributed by atoms with Crippen molar-refractivity contribution in [1.29, 1.82) is 0 Å². The lowest BCUT2D eigenvalue weighted by molar-refractivity contribution is 0.261. The third kappa shape index (κ3) is 32.4. The van der Waals surface area contributed by atoms with Crippen LogP contribution in [0.3, 0.4) is 0 Å². The maximum Gasteiger partial charge on any atom is -0.000663 e. The van der Waals surface area contributed by atoms with Gasteiger partial charge < -0.3 is 26.6 Å². The van der Waals surface area contributed by atoms with Crippen molar-refractivity contribution in [2.75, 3.05) is 65.4 Å². The molecule has 0 radical (unpaired) electrons. The zero-order valence-corrected chi connectivity index (χ0v) is 31.7. The van der Waals surface area contributed by atoms with E-state index in [2.05, 4.69) is 27.8 Å². The summed E-state index contributed by atoms with van der Waals surface area (Å²) < 4.78 is 0. The number of nitrogens with two attached hydrogens (primary N) is 1. The molecule has 0 aliphatic heterocycles. The fourth-order valence-corrected chi connectivity index (χ4v) is 4.71. The molecule has 0 bridgehead atoms. The van der Waals surface area contributed by atoms with Crippen molar-refractivity contribution in [3.8, 4) is 0 Å². The number of rotatable bonds is 22. The van der Waals surface area contributed by atoms with E-state index in [4.69, 9.17) is 5.73 Å². The first kappa shape index (κ1) is 48.0. The fourth-order valence-electron chi connectivity index (χ4n) is 4.71. The second-order valence-corrected chi connectivity index (χ2v) is 9.62. The van der Waals surface area contributed by atoms with Crippen LogP contribution in [0.15, 0.2) is 0 Å². The highest BCUT2D eigenvalue weighted by Crippen LogP contribution is 2.21. The molecule has 0 unspecified atom stereocenters. The predicted molar refractivity (Wildman–Crippen MR) is 190 cm³/mol. The summed E-state index contributed by atoms with van der Waals surface area (Å²) in [4.78, 5) is 2.62. The van der Waals surface area contributed by atoms with E-state index in [-0.39, 0.29) is 84.9 Å². The summed E-state index contributed by atoms with van der Waals surface area (Å²) in [5.41, 5.74) is 5.71. The van der Waals surface area contributed by atoms with E-state index in [1.54, 1.807) is 0 Å². The second kappa shape index (κ2) is 39.3. The van der Waals surface area contributed by atoms with E-state index in [0.717, 1.165) is 32.0 Å². The molecule has 1 aliphatic rings. The summed E-state index contributed by atoms with van der Waals surface area (Å²) in [6, 6.07) is 0. The molecule has 0 amide bonds. The monoisotopic (exact) mass is 839 g/mol. The van der Waals surface area contributed by atoms with Gasteiger partial charge in [0.05, 0.1) is 0 Å². The molecule has 0 atom stereocenters. The Bertz CT molecular complexity index is 366. The topological polar surface area (TPSA) is 65.3 Å². The van der Waals surface area contributed by atoms with E-state index in [0.29, 0.717) is 0 Å². The molecule has 5 nitrogen and oxygen atoms in total. The minimum absolute atomic E-state index is 0. The molecule has 0 aromatic rings. The van der Waals surface area contributed by atoms with Gasteiger partial charge in [-0.05, 0) is 116 Å². The van der Waals surface area contributed by atoms with E-state index in [1.165, 1.54) is 129 Å². The minimum Gasteiger partial charge on any atom is -0.330 e. The lowest BCUT2D eigenvalue weighted by atomic mass is 10.0. The van der Waals surface area contributed by atoms with E-state index >= 15 is 0 Å². The number of nitrogens with one attached hydrogen (secondary N) is 3. The van der Waals surface area contributed by atoms with Crippen molar-refractivity contribution in [1.82, 2.24) is 20.9 Å². The first-order valence-corrected chi connectivity index (χ1v) is 13.9. The summed E-state index contributed by atoms with van der Waals surface area (Å²) in [5, 5.41) is 10.8. The number of hydrogen-bond donors (Lipinski definition) is 4. The molecule has 0 aromatic heterocycles. The predicted octanol–water partition coefficient (Wildman–Crippen LogP) is 7.02. The van der Waals surface area contributed by atoms with Crippen molar-refractivity contribution in [2.24, 2.45) is 11.7 Å². The summed E-state index contributed by atoms with van der Waals surface area (Å²) in [7, 11) is 0. The van der Waals surface area contributed by atoms with Crippen molar-refractivity contribution < 1.29 is 0 Å². The molecule has 0 heterocycles. The fraction of sp³-hybridized carbons (Fsp3) is 1.00. The molecule has 1 fully saturated rings. The maximum absolute atomic E-state index is 5.71. The Morgan fingerprint density at radius 3 is 1.78 bits per heavy atom. The number of nitrogens with zero attached hydrogens (tertiary/aromatic N) is 1. The molecule has 5 N–H and O–H groups in total. The molecule has 1 rings (SSSR count). The largest absolute Gasteiger partial charge is 0.330 e. The Hall–Kier alpha value is 2.20. The van der Waals surface area contributed by atoms with Crippen molar-refractivity contribution in [3.63, 3.8) is 0 Å². The molecule has 1 aliphatic carbocycles. The molecule has 36 heavy (non-hydrogen) atoms. The Kier molecular flexibility index (Phi) is 52.4. The Balaban J connectivity index is -0.000000641. The van der Waals surface area contributed by atoms with Crippen LogP contribution in [0.5, 0.6) is 0 Å². The van der Waals surface area contributed by atoms with Crippen LogP contribution in [0.2, 0.25) is 0 Å². The first-order chi connectivity index (χ1) is 15.4. The molecule has 0 spiro atoms. The highest BCUT2D eigenvalue weighted by atomic mass is 79.9. The van der Waals surface area contributed by atoms with Crippen molar-refractivity contribution in [3.05, 3.63) is 0 Å². The average Bonchev–Trinajstić information content (AvgIpc) is 3.06. The van der Waals surface area contributed by atoms with E-state index in [9.17, 15) is 0 Å². The average molecular weight is 844 g/mol. The van der Waals surface area contributed by atoms with Crippen molar-refractivity contribution >= 4 is 84.9 Å². The van der Waals surface area contributed by atoms with Gasteiger partial charge >= 0.3 is 0 Å². The lowest BCUT2D eigenvalue weighted by Gasteiger charge is -2.22. The van der Waals surface area contributed by atoms with Crippen LogP contribution >= 0.6 is 84.9 Å². The molecule has 0 aromatic carbocycles. The number of unbranched alkanes of at least 4 members (excludes halogenated alkanes) is 4. The van der Waals surface area contributed by atoms with Gasteiger partial charge in [0, 0.05) is 0 Å². The molecule has 1 saturated carbocycles. The van der Waals surface area contributed by atoms with Crippen LogP contribution in [0, 0.1) is 5.92 Å². The van der Waals surface area contributed by atoms with Gasteiger partial charge in [0.2, 0.25) is 0 Å². The highest BCUT2D eigenvalue weighted by Gasteiger charge is 2.11. The second-order valence-electron chi connectivity index (χ2n) is 9.62. The first-order valence-electron chi connectivity index (χ1n) is 13.9. The van der Waals surface area contributed by atoms with Crippen LogP contribution in [0.1, 0.15) is 96.8 Å². The summed E-state index contributed by atoms with van der Waals surface area (Å²) in [6.45, 7) is 13.6. The Morgan fingerprint density at radius 2 is 1.11 bits per heavy atom. The van der Waals surface area contributed by atoms with Gasteiger partial charge in [0.15, 0.2) is 0 Å². The normalized spacial score (nSPS) is 13.4. The molecule has 10 heteroatoms. The van der Waals surface area contributed by atoms with Crippen LogP contribution < -0.4 is 21.7 Å². The third-order valence-corrected chi connectivity index (χ3v) is 6.70. The third-order valence-electron chi connectivity index (χ3n) is 6.70. The van der Waals surface area contributed by atoms with E-state index in [1.807, 2.05) is 0 Å². The zero-order valence-electron chi connectivity index (χ0n) is 23.1. The summed E-state index contributed by atoms with van der Waals surface area (Å²) >= 11 is 0. The zero-order chi connectivity index (χ0) is 22.2. The molecular formula is C26H62Br5N5. The molecule has 0 saturated heterocycles. The van der Waals surface area contributed by atoms with Crippen LogP contribution in [-0.4, -0.2) is 70.3 Å². The Labute approximate surface area is 277 Å². The maximum atomic E-state index is 5.71. The smallest absolute Gasteiger partial charge is 0.000663 e. The SMILES string of the molecule is Br.Br.Br.Br.Br.CCNCCCN(CCCN)CCCCCCCNCCCNCC1CCCCCC1. The lowest BCUT2D eigenvalue weighted by Crippen LogP contribution is -2.30.